The van der Waals surface area contributed by atoms with Crippen molar-refractivity contribution in [3.05, 3.63) is 69.5 Å². The van der Waals surface area contributed by atoms with Crippen molar-refractivity contribution >= 4 is 17.4 Å². The summed E-state index contributed by atoms with van der Waals surface area (Å²) in [4.78, 5) is 12.3. The number of hydrogen-bond acceptors (Lipinski definition) is 1. The molecule has 0 heterocycles. The second-order valence-corrected chi connectivity index (χ2v) is 4.99. The summed E-state index contributed by atoms with van der Waals surface area (Å²) in [5.41, 5.74) is 2.82. The van der Waals surface area contributed by atoms with Gasteiger partial charge in [0, 0.05) is 12.0 Å². The van der Waals surface area contributed by atoms with E-state index in [9.17, 15) is 9.18 Å². The lowest BCUT2D eigenvalue weighted by Crippen LogP contribution is -2.09. The van der Waals surface area contributed by atoms with Gasteiger partial charge in [-0.15, -0.1) is 0 Å². The molecule has 0 fully saturated rings. The lowest BCUT2D eigenvalue weighted by Gasteiger charge is -2.09. The predicted octanol–water partition coefficient (Wildman–Crippen LogP) is 4.52. The maximum Gasteiger partial charge on any atom is 0.167 e. The van der Waals surface area contributed by atoms with Gasteiger partial charge in [-0.2, -0.15) is 0 Å². The third kappa shape index (κ3) is 2.85. The van der Waals surface area contributed by atoms with E-state index in [4.69, 9.17) is 11.6 Å². The molecule has 98 valence electrons. The van der Waals surface area contributed by atoms with Gasteiger partial charge in [0.1, 0.15) is 5.82 Å². The van der Waals surface area contributed by atoms with E-state index in [-0.39, 0.29) is 17.2 Å². The minimum absolute atomic E-state index is 0.0259. The fourth-order valence-electron chi connectivity index (χ4n) is 2.20. The molecule has 1 nitrogen and oxygen atoms in total. The van der Waals surface area contributed by atoms with Crippen LogP contribution in [0.4, 0.5) is 4.39 Å². The van der Waals surface area contributed by atoms with Crippen molar-refractivity contribution in [2.75, 3.05) is 0 Å². The van der Waals surface area contributed by atoms with Crippen LogP contribution < -0.4 is 0 Å². The van der Waals surface area contributed by atoms with Gasteiger partial charge in [-0.25, -0.2) is 4.39 Å². The summed E-state index contributed by atoms with van der Waals surface area (Å²) < 4.78 is 13.8. The molecule has 0 bridgehead atoms. The number of carbonyl (C=O) groups is 1. The number of aryl methyl sites for hydroxylation is 2. The Hall–Kier alpha value is -1.67. The van der Waals surface area contributed by atoms with Gasteiger partial charge in [0.15, 0.2) is 5.78 Å². The van der Waals surface area contributed by atoms with Gasteiger partial charge in [-0.1, -0.05) is 41.9 Å². The second kappa shape index (κ2) is 5.54. The van der Waals surface area contributed by atoms with Crippen molar-refractivity contribution in [2.45, 2.75) is 20.3 Å². The molecule has 0 amide bonds. The van der Waals surface area contributed by atoms with Crippen LogP contribution in [0.5, 0.6) is 0 Å². The zero-order valence-corrected chi connectivity index (χ0v) is 11.6. The number of hydrogen-bond donors (Lipinski definition) is 0. The van der Waals surface area contributed by atoms with Gasteiger partial charge >= 0.3 is 0 Å². The minimum atomic E-state index is -0.510. The summed E-state index contributed by atoms with van der Waals surface area (Å²) in [6.07, 6.45) is 0.0259. The number of benzene rings is 2. The molecule has 0 aromatic heterocycles. The van der Waals surface area contributed by atoms with E-state index in [0.717, 1.165) is 11.1 Å². The average Bonchev–Trinajstić information content (AvgIpc) is 2.35. The smallest absolute Gasteiger partial charge is 0.167 e. The first-order chi connectivity index (χ1) is 9.00. The van der Waals surface area contributed by atoms with Crippen LogP contribution in [-0.2, 0) is 6.42 Å². The van der Waals surface area contributed by atoms with E-state index in [1.165, 1.54) is 6.07 Å². The monoisotopic (exact) mass is 276 g/mol. The van der Waals surface area contributed by atoms with Crippen molar-refractivity contribution in [2.24, 2.45) is 0 Å². The predicted molar refractivity (Wildman–Crippen MR) is 75.4 cm³/mol. The summed E-state index contributed by atoms with van der Waals surface area (Å²) >= 11 is 5.72. The van der Waals surface area contributed by atoms with E-state index >= 15 is 0 Å². The fourth-order valence-corrected chi connectivity index (χ4v) is 2.39. The Kier molecular flexibility index (Phi) is 4.01. The van der Waals surface area contributed by atoms with Gasteiger partial charge in [-0.3, -0.25) is 4.79 Å². The number of carbonyl (C=O) groups excluding carboxylic acids is 1. The Balaban J connectivity index is 2.34. The highest BCUT2D eigenvalue weighted by Gasteiger charge is 2.15. The SMILES string of the molecule is Cc1cccc(C)c1C(=O)Cc1cccc(Cl)c1F. The summed E-state index contributed by atoms with van der Waals surface area (Å²) in [5, 5.41) is 0.0480. The average molecular weight is 277 g/mol. The number of ketones is 1. The van der Waals surface area contributed by atoms with Gasteiger partial charge < -0.3 is 0 Å². The highest BCUT2D eigenvalue weighted by atomic mass is 35.5. The zero-order chi connectivity index (χ0) is 14.0. The molecule has 0 aliphatic carbocycles. The topological polar surface area (TPSA) is 17.1 Å². The standard InChI is InChI=1S/C16H14ClFO/c1-10-5-3-6-11(2)15(10)14(19)9-12-7-4-8-13(17)16(12)18/h3-8H,9H2,1-2H3. The van der Waals surface area contributed by atoms with Crippen LogP contribution in [0.3, 0.4) is 0 Å². The molecule has 0 atom stereocenters. The number of halogens is 2. The number of rotatable bonds is 3. The van der Waals surface area contributed by atoms with Crippen LogP contribution in [-0.4, -0.2) is 5.78 Å². The van der Waals surface area contributed by atoms with Crippen LogP contribution in [0.25, 0.3) is 0 Å². The van der Waals surface area contributed by atoms with Crippen molar-refractivity contribution in [1.29, 1.82) is 0 Å². The lowest BCUT2D eigenvalue weighted by atomic mass is 9.95. The first-order valence-electron chi connectivity index (χ1n) is 6.03. The van der Waals surface area contributed by atoms with Crippen LogP contribution >= 0.6 is 11.6 Å². The van der Waals surface area contributed by atoms with Crippen LogP contribution in [0.15, 0.2) is 36.4 Å². The van der Waals surface area contributed by atoms with Crippen LogP contribution in [0.2, 0.25) is 5.02 Å². The highest BCUT2D eigenvalue weighted by Crippen LogP contribution is 2.21. The van der Waals surface area contributed by atoms with Crippen molar-refractivity contribution < 1.29 is 9.18 Å². The largest absolute Gasteiger partial charge is 0.294 e. The van der Waals surface area contributed by atoms with Crippen molar-refractivity contribution in [3.63, 3.8) is 0 Å². The first-order valence-corrected chi connectivity index (χ1v) is 6.41. The molecule has 3 heteroatoms. The van der Waals surface area contributed by atoms with Crippen LogP contribution in [0, 0.1) is 19.7 Å². The molecule has 0 spiro atoms. The summed E-state index contributed by atoms with van der Waals surface area (Å²) in [7, 11) is 0. The minimum Gasteiger partial charge on any atom is -0.294 e. The molecular formula is C16H14ClFO. The Morgan fingerprint density at radius 2 is 1.68 bits per heavy atom. The molecule has 2 rings (SSSR count). The van der Waals surface area contributed by atoms with Gasteiger partial charge in [-0.05, 0) is 36.6 Å². The molecule has 2 aromatic rings. The maximum atomic E-state index is 13.8. The maximum absolute atomic E-state index is 13.8. The highest BCUT2D eigenvalue weighted by molar-refractivity contribution is 6.30. The molecule has 0 radical (unpaired) electrons. The van der Waals surface area contributed by atoms with E-state index < -0.39 is 5.82 Å². The molecule has 0 N–H and O–H groups in total. The second-order valence-electron chi connectivity index (χ2n) is 4.58. The zero-order valence-electron chi connectivity index (χ0n) is 10.8. The third-order valence-corrected chi connectivity index (χ3v) is 3.43. The van der Waals surface area contributed by atoms with Crippen molar-refractivity contribution in [3.8, 4) is 0 Å². The molecule has 0 unspecified atom stereocenters. The summed E-state index contributed by atoms with van der Waals surface area (Å²) in [6, 6.07) is 10.4. The number of Topliss-reactive ketones (excluding diaryl/α,β-unsaturated/α-hetero) is 1. The Morgan fingerprint density at radius 3 is 2.32 bits per heavy atom. The first kappa shape index (κ1) is 13.8. The van der Waals surface area contributed by atoms with E-state index in [1.807, 2.05) is 32.0 Å². The molecule has 0 saturated carbocycles. The van der Waals surface area contributed by atoms with Crippen molar-refractivity contribution in [1.82, 2.24) is 0 Å². The molecule has 0 aliphatic rings. The molecular weight excluding hydrogens is 263 g/mol. The normalized spacial score (nSPS) is 10.5. The van der Waals surface area contributed by atoms with Crippen LogP contribution in [0.1, 0.15) is 27.0 Å². The molecule has 2 aromatic carbocycles. The van der Waals surface area contributed by atoms with E-state index in [0.29, 0.717) is 11.1 Å². The third-order valence-electron chi connectivity index (χ3n) is 3.14. The Labute approximate surface area is 117 Å². The quantitative estimate of drug-likeness (QED) is 0.753. The van der Waals surface area contributed by atoms with Gasteiger partial charge in [0.05, 0.1) is 5.02 Å². The molecule has 0 aliphatic heterocycles. The summed E-state index contributed by atoms with van der Waals surface area (Å²) in [5.74, 6) is -0.597. The van der Waals surface area contributed by atoms with E-state index in [1.54, 1.807) is 12.1 Å². The Morgan fingerprint density at radius 1 is 1.11 bits per heavy atom. The van der Waals surface area contributed by atoms with Gasteiger partial charge in [0.25, 0.3) is 0 Å². The molecule has 0 saturated heterocycles. The summed E-state index contributed by atoms with van der Waals surface area (Å²) in [6.45, 7) is 3.77. The fraction of sp³-hybridized carbons (Fsp3) is 0.188. The molecule has 19 heavy (non-hydrogen) atoms. The van der Waals surface area contributed by atoms with Gasteiger partial charge in [0.2, 0.25) is 0 Å². The lowest BCUT2D eigenvalue weighted by molar-refractivity contribution is 0.0990. The van der Waals surface area contributed by atoms with E-state index in [2.05, 4.69) is 0 Å². The Bertz CT molecular complexity index is 614.